The van der Waals surface area contributed by atoms with Gasteiger partial charge in [0.2, 0.25) is 5.91 Å². The Bertz CT molecular complexity index is 1100. The maximum Gasteiger partial charge on any atom is 0.228 e. The Morgan fingerprint density at radius 3 is 2.64 bits per heavy atom. The van der Waals surface area contributed by atoms with Gasteiger partial charge in [-0.15, -0.1) is 0 Å². The lowest BCUT2D eigenvalue weighted by Crippen LogP contribution is -2.14. The molecule has 0 aliphatic heterocycles. The van der Waals surface area contributed by atoms with Gasteiger partial charge in [0, 0.05) is 29.2 Å². The molecular weight excluding hydrogens is 355 g/mol. The lowest BCUT2D eigenvalue weighted by Gasteiger charge is -2.08. The van der Waals surface area contributed by atoms with Crippen LogP contribution < -0.4 is 10.6 Å². The van der Waals surface area contributed by atoms with Crippen molar-refractivity contribution >= 4 is 28.3 Å². The summed E-state index contributed by atoms with van der Waals surface area (Å²) >= 11 is 0. The lowest BCUT2D eigenvalue weighted by molar-refractivity contribution is -0.115. The van der Waals surface area contributed by atoms with Crippen molar-refractivity contribution in [3.63, 3.8) is 0 Å². The predicted octanol–water partition coefficient (Wildman–Crippen LogP) is 4.50. The second kappa shape index (κ2) is 7.92. The number of aromatic nitrogens is 2. The molecule has 2 heterocycles. The van der Waals surface area contributed by atoms with E-state index in [1.165, 1.54) is 6.07 Å². The van der Waals surface area contributed by atoms with Crippen LogP contribution in [-0.4, -0.2) is 15.9 Å². The minimum atomic E-state index is -0.254. The van der Waals surface area contributed by atoms with Crippen LogP contribution in [0, 0.1) is 5.82 Å². The van der Waals surface area contributed by atoms with E-state index in [0.29, 0.717) is 23.6 Å². The number of carbonyl (C=O) groups excluding carboxylic acids is 1. The van der Waals surface area contributed by atoms with E-state index >= 15 is 0 Å². The molecule has 5 nitrogen and oxygen atoms in total. The number of anilines is 2. The standard InChI is InChI=1S/C22H19FN4O/c23-19-7-3-1-5-15(19)12-25-21-10-9-17(14-26-21)27-22(28)11-16-13-24-20-8-4-2-6-18(16)20/h1-10,13-14,24H,11-12H2,(H,25,26)(H,27,28). The van der Waals surface area contributed by atoms with E-state index in [1.54, 1.807) is 36.5 Å². The third-order valence-corrected chi connectivity index (χ3v) is 4.49. The molecule has 28 heavy (non-hydrogen) atoms. The normalized spacial score (nSPS) is 10.8. The lowest BCUT2D eigenvalue weighted by atomic mass is 10.1. The summed E-state index contributed by atoms with van der Waals surface area (Å²) in [5, 5.41) is 6.97. The molecule has 0 fully saturated rings. The number of aromatic amines is 1. The van der Waals surface area contributed by atoms with E-state index < -0.39 is 0 Å². The van der Waals surface area contributed by atoms with Crippen LogP contribution >= 0.6 is 0 Å². The van der Waals surface area contributed by atoms with Gasteiger partial charge in [-0.25, -0.2) is 9.37 Å². The Balaban J connectivity index is 1.35. The largest absolute Gasteiger partial charge is 0.366 e. The first-order valence-corrected chi connectivity index (χ1v) is 8.97. The van der Waals surface area contributed by atoms with Gasteiger partial charge in [-0.3, -0.25) is 4.79 Å². The van der Waals surface area contributed by atoms with E-state index in [2.05, 4.69) is 20.6 Å². The fourth-order valence-electron chi connectivity index (χ4n) is 3.06. The number of H-pyrrole nitrogens is 1. The number of halogens is 1. The van der Waals surface area contributed by atoms with E-state index in [9.17, 15) is 9.18 Å². The maximum absolute atomic E-state index is 13.6. The van der Waals surface area contributed by atoms with Gasteiger partial charge >= 0.3 is 0 Å². The molecule has 0 aliphatic carbocycles. The number of rotatable bonds is 6. The van der Waals surface area contributed by atoms with E-state index in [4.69, 9.17) is 0 Å². The molecule has 0 bridgehead atoms. The number of amides is 1. The molecule has 0 saturated carbocycles. The van der Waals surface area contributed by atoms with Crippen LogP contribution in [-0.2, 0) is 17.8 Å². The molecule has 140 valence electrons. The number of fused-ring (bicyclic) bond motifs is 1. The molecule has 4 aromatic rings. The molecule has 2 aromatic heterocycles. The number of hydrogen-bond donors (Lipinski definition) is 3. The predicted molar refractivity (Wildman–Crippen MR) is 109 cm³/mol. The average Bonchev–Trinajstić information content (AvgIpc) is 3.11. The van der Waals surface area contributed by atoms with Crippen molar-refractivity contribution in [2.24, 2.45) is 0 Å². The average molecular weight is 374 g/mol. The number of nitrogens with one attached hydrogen (secondary N) is 3. The maximum atomic E-state index is 13.6. The van der Waals surface area contributed by atoms with Crippen molar-refractivity contribution in [1.82, 2.24) is 9.97 Å². The molecule has 0 unspecified atom stereocenters. The number of benzene rings is 2. The van der Waals surface area contributed by atoms with Crippen LogP contribution in [0.25, 0.3) is 10.9 Å². The second-order valence-electron chi connectivity index (χ2n) is 6.46. The molecule has 2 aromatic carbocycles. The zero-order valence-corrected chi connectivity index (χ0v) is 15.1. The quantitative estimate of drug-likeness (QED) is 0.466. The van der Waals surface area contributed by atoms with Crippen molar-refractivity contribution in [2.45, 2.75) is 13.0 Å². The van der Waals surface area contributed by atoms with Crippen molar-refractivity contribution < 1.29 is 9.18 Å². The topological polar surface area (TPSA) is 69.8 Å². The summed E-state index contributed by atoms with van der Waals surface area (Å²) in [7, 11) is 0. The van der Waals surface area contributed by atoms with Gasteiger partial charge in [0.15, 0.2) is 0 Å². The highest BCUT2D eigenvalue weighted by Crippen LogP contribution is 2.19. The Morgan fingerprint density at radius 1 is 1.00 bits per heavy atom. The Morgan fingerprint density at radius 2 is 1.82 bits per heavy atom. The van der Waals surface area contributed by atoms with Crippen LogP contribution in [0.3, 0.4) is 0 Å². The summed E-state index contributed by atoms with van der Waals surface area (Å²) in [6, 6.07) is 18.0. The summed E-state index contributed by atoms with van der Waals surface area (Å²) in [5.41, 5.74) is 3.14. The molecule has 0 spiro atoms. The van der Waals surface area contributed by atoms with Crippen LogP contribution in [0.4, 0.5) is 15.9 Å². The van der Waals surface area contributed by atoms with Crippen molar-refractivity contribution in [3.8, 4) is 0 Å². The zero-order valence-electron chi connectivity index (χ0n) is 15.1. The van der Waals surface area contributed by atoms with Crippen LogP contribution in [0.2, 0.25) is 0 Å². The van der Waals surface area contributed by atoms with Gasteiger partial charge < -0.3 is 15.6 Å². The van der Waals surface area contributed by atoms with Gasteiger partial charge in [0.25, 0.3) is 0 Å². The Kier molecular flexibility index (Phi) is 5.01. The second-order valence-corrected chi connectivity index (χ2v) is 6.46. The number of pyridine rings is 1. The van der Waals surface area contributed by atoms with Gasteiger partial charge in [-0.1, -0.05) is 36.4 Å². The summed E-state index contributed by atoms with van der Waals surface area (Å²) in [5.74, 6) is 0.243. The summed E-state index contributed by atoms with van der Waals surface area (Å²) in [6.07, 6.45) is 3.71. The number of nitrogens with zero attached hydrogens (tertiary/aromatic N) is 1. The van der Waals surface area contributed by atoms with Crippen molar-refractivity contribution in [1.29, 1.82) is 0 Å². The van der Waals surface area contributed by atoms with Crippen LogP contribution in [0.1, 0.15) is 11.1 Å². The molecule has 0 aliphatic rings. The molecule has 4 rings (SSSR count). The van der Waals surface area contributed by atoms with Crippen molar-refractivity contribution in [3.05, 3.63) is 90.0 Å². The van der Waals surface area contributed by atoms with Crippen molar-refractivity contribution in [2.75, 3.05) is 10.6 Å². The zero-order chi connectivity index (χ0) is 19.3. The molecule has 3 N–H and O–H groups in total. The molecule has 1 amide bonds. The van der Waals surface area contributed by atoms with Gasteiger partial charge in [-0.05, 0) is 29.8 Å². The monoisotopic (exact) mass is 374 g/mol. The fourth-order valence-corrected chi connectivity index (χ4v) is 3.06. The molecular formula is C22H19FN4O. The molecule has 0 radical (unpaired) electrons. The highest BCUT2D eigenvalue weighted by atomic mass is 19.1. The third kappa shape index (κ3) is 4.01. The number of para-hydroxylation sites is 1. The first-order valence-electron chi connectivity index (χ1n) is 8.97. The molecule has 6 heteroatoms. The van der Waals surface area contributed by atoms with E-state index in [-0.39, 0.29) is 18.1 Å². The van der Waals surface area contributed by atoms with E-state index in [1.807, 2.05) is 30.5 Å². The van der Waals surface area contributed by atoms with Gasteiger partial charge in [0.1, 0.15) is 11.6 Å². The number of carbonyl (C=O) groups is 1. The van der Waals surface area contributed by atoms with E-state index in [0.717, 1.165) is 16.5 Å². The van der Waals surface area contributed by atoms with Gasteiger partial charge in [-0.2, -0.15) is 0 Å². The number of hydrogen-bond acceptors (Lipinski definition) is 3. The van der Waals surface area contributed by atoms with Crippen LogP contribution in [0.5, 0.6) is 0 Å². The molecule has 0 saturated heterocycles. The smallest absolute Gasteiger partial charge is 0.228 e. The third-order valence-electron chi connectivity index (χ3n) is 4.49. The Labute approximate surface area is 161 Å². The molecule has 0 atom stereocenters. The van der Waals surface area contributed by atoms with Crippen LogP contribution in [0.15, 0.2) is 73.1 Å². The summed E-state index contributed by atoms with van der Waals surface area (Å²) < 4.78 is 13.6. The highest BCUT2D eigenvalue weighted by molar-refractivity contribution is 5.95. The minimum absolute atomic E-state index is 0.112. The summed E-state index contributed by atoms with van der Waals surface area (Å²) in [6.45, 7) is 0.339. The SMILES string of the molecule is O=C(Cc1c[nH]c2ccccc12)Nc1ccc(NCc2ccccc2F)nc1. The van der Waals surface area contributed by atoms with Gasteiger partial charge in [0.05, 0.1) is 18.3 Å². The highest BCUT2D eigenvalue weighted by Gasteiger charge is 2.09. The Hall–Kier alpha value is -3.67. The fraction of sp³-hybridized carbons (Fsp3) is 0.0909. The minimum Gasteiger partial charge on any atom is -0.366 e. The summed E-state index contributed by atoms with van der Waals surface area (Å²) in [4.78, 5) is 19.8. The first kappa shape index (κ1) is 17.7. The first-order chi connectivity index (χ1) is 13.7.